The van der Waals surface area contributed by atoms with Gasteiger partial charge in [-0.25, -0.2) is 0 Å². The number of thiocarbonyl (C=S) groups is 1. The smallest absolute Gasteiger partial charge is 0.174 e. The molecule has 0 spiro atoms. The zero-order valence-corrected chi connectivity index (χ0v) is 18.6. The molecule has 1 N–H and O–H groups in total. The van der Waals surface area contributed by atoms with Gasteiger partial charge in [-0.15, -0.1) is 0 Å². The molecule has 0 saturated heterocycles. The van der Waals surface area contributed by atoms with E-state index in [9.17, 15) is 0 Å². The van der Waals surface area contributed by atoms with Gasteiger partial charge in [0.1, 0.15) is 17.5 Å². The molecule has 1 atom stereocenters. The van der Waals surface area contributed by atoms with Crippen LogP contribution in [0.25, 0.3) is 0 Å². The highest BCUT2D eigenvalue weighted by Crippen LogP contribution is 2.39. The van der Waals surface area contributed by atoms with E-state index in [0.29, 0.717) is 5.11 Å². The van der Waals surface area contributed by atoms with Crippen LogP contribution < -0.4 is 14.8 Å². The second kappa shape index (κ2) is 8.40. The number of nitrogens with zero attached hydrogens (tertiary/aromatic N) is 2. The summed E-state index contributed by atoms with van der Waals surface area (Å²) in [6.45, 7) is 5.86. The third-order valence-corrected chi connectivity index (χ3v) is 5.84. The maximum atomic E-state index is 5.90. The molecule has 0 unspecified atom stereocenters. The molecular formula is C24H27N3O2S. The summed E-state index contributed by atoms with van der Waals surface area (Å²) in [7, 11) is 3.38. The van der Waals surface area contributed by atoms with Gasteiger partial charge in [-0.05, 0) is 79.7 Å². The van der Waals surface area contributed by atoms with Gasteiger partial charge < -0.3 is 24.3 Å². The van der Waals surface area contributed by atoms with Gasteiger partial charge in [-0.2, -0.15) is 0 Å². The van der Waals surface area contributed by atoms with E-state index in [1.54, 1.807) is 14.2 Å². The SMILES string of the molecule is COc1ccc(OC)c([C@@H]2c3cccn3CCN2C(=S)Nc2cc(C)cc(C)c2)c1. The van der Waals surface area contributed by atoms with E-state index < -0.39 is 0 Å². The van der Waals surface area contributed by atoms with Crippen LogP contribution in [0.3, 0.4) is 0 Å². The molecule has 2 heterocycles. The molecule has 6 heteroatoms. The molecule has 0 radical (unpaired) electrons. The summed E-state index contributed by atoms with van der Waals surface area (Å²) in [5.41, 5.74) is 5.63. The van der Waals surface area contributed by atoms with Crippen molar-refractivity contribution in [1.82, 2.24) is 9.47 Å². The Hall–Kier alpha value is -2.99. The maximum Gasteiger partial charge on any atom is 0.174 e. The number of nitrogens with one attached hydrogen (secondary N) is 1. The molecule has 1 aliphatic heterocycles. The van der Waals surface area contributed by atoms with Gasteiger partial charge in [0.2, 0.25) is 0 Å². The van der Waals surface area contributed by atoms with Gasteiger partial charge in [-0.1, -0.05) is 6.07 Å². The van der Waals surface area contributed by atoms with Crippen molar-refractivity contribution in [3.8, 4) is 11.5 Å². The standard InChI is InChI=1S/C24H27N3O2S/c1-16-12-17(2)14-18(13-16)25-24(30)27-11-10-26-9-5-6-21(26)23(27)20-15-19(28-3)7-8-22(20)29-4/h5-9,12-15,23H,10-11H2,1-4H3,(H,25,30)/t23-/m1/s1. The van der Waals surface area contributed by atoms with E-state index in [4.69, 9.17) is 21.7 Å². The lowest BCUT2D eigenvalue weighted by Gasteiger charge is -2.39. The molecule has 0 saturated carbocycles. The van der Waals surface area contributed by atoms with Crippen LogP contribution in [0.1, 0.15) is 28.4 Å². The third kappa shape index (κ3) is 3.87. The minimum Gasteiger partial charge on any atom is -0.497 e. The molecule has 1 aromatic heterocycles. The second-order valence-corrected chi connectivity index (χ2v) is 8.02. The third-order valence-electron chi connectivity index (χ3n) is 5.50. The van der Waals surface area contributed by atoms with Crippen LogP contribution >= 0.6 is 12.2 Å². The van der Waals surface area contributed by atoms with E-state index in [1.807, 2.05) is 18.2 Å². The van der Waals surface area contributed by atoms with Gasteiger partial charge in [0.15, 0.2) is 5.11 Å². The fraction of sp³-hybridized carbons (Fsp3) is 0.292. The highest BCUT2D eigenvalue weighted by Gasteiger charge is 2.33. The first kappa shape index (κ1) is 20.3. The summed E-state index contributed by atoms with van der Waals surface area (Å²) < 4.78 is 13.5. The first-order valence-electron chi connectivity index (χ1n) is 10.0. The van der Waals surface area contributed by atoms with Crippen LogP contribution in [-0.4, -0.2) is 35.3 Å². The fourth-order valence-electron chi connectivity index (χ4n) is 4.22. The number of methoxy groups -OCH3 is 2. The Bertz CT molecular complexity index is 1060. The number of fused-ring (bicyclic) bond motifs is 1. The summed E-state index contributed by atoms with van der Waals surface area (Å²) in [4.78, 5) is 2.24. The molecule has 30 heavy (non-hydrogen) atoms. The molecule has 4 rings (SSSR count). The molecule has 1 aliphatic rings. The van der Waals surface area contributed by atoms with Gasteiger partial charge in [-0.3, -0.25) is 0 Å². The van der Waals surface area contributed by atoms with Gasteiger partial charge in [0, 0.05) is 36.2 Å². The summed E-state index contributed by atoms with van der Waals surface area (Å²) in [5, 5.41) is 4.15. The highest BCUT2D eigenvalue weighted by molar-refractivity contribution is 7.80. The monoisotopic (exact) mass is 421 g/mol. The Morgan fingerprint density at radius 1 is 1.00 bits per heavy atom. The largest absolute Gasteiger partial charge is 0.497 e. The zero-order chi connectivity index (χ0) is 21.3. The van der Waals surface area contributed by atoms with Crippen LogP contribution in [0.5, 0.6) is 11.5 Å². The van der Waals surface area contributed by atoms with Crippen molar-refractivity contribution < 1.29 is 9.47 Å². The minimum atomic E-state index is -0.0790. The molecule has 0 amide bonds. The number of benzene rings is 2. The number of rotatable bonds is 4. The Balaban J connectivity index is 1.75. The Labute approximate surface area is 183 Å². The summed E-state index contributed by atoms with van der Waals surface area (Å²) in [6.07, 6.45) is 2.12. The molecule has 3 aromatic rings. The molecule has 2 aromatic carbocycles. The Morgan fingerprint density at radius 2 is 1.77 bits per heavy atom. The predicted molar refractivity (Wildman–Crippen MR) is 125 cm³/mol. The van der Waals surface area contributed by atoms with Crippen LogP contribution in [-0.2, 0) is 6.54 Å². The number of aromatic nitrogens is 1. The zero-order valence-electron chi connectivity index (χ0n) is 17.8. The van der Waals surface area contributed by atoms with E-state index in [2.05, 4.69) is 65.2 Å². The van der Waals surface area contributed by atoms with E-state index in [-0.39, 0.29) is 6.04 Å². The van der Waals surface area contributed by atoms with Crippen molar-refractivity contribution in [3.63, 3.8) is 0 Å². The van der Waals surface area contributed by atoms with Gasteiger partial charge in [0.25, 0.3) is 0 Å². The van der Waals surface area contributed by atoms with E-state index in [1.165, 1.54) is 16.8 Å². The lowest BCUT2D eigenvalue weighted by molar-refractivity contribution is 0.284. The topological polar surface area (TPSA) is 38.7 Å². The molecular weight excluding hydrogens is 394 g/mol. The molecule has 0 aliphatic carbocycles. The van der Waals surface area contributed by atoms with Crippen LogP contribution in [0, 0.1) is 13.8 Å². The van der Waals surface area contributed by atoms with E-state index in [0.717, 1.165) is 35.8 Å². The average Bonchev–Trinajstić information content (AvgIpc) is 3.20. The van der Waals surface area contributed by atoms with E-state index >= 15 is 0 Å². The van der Waals surface area contributed by atoms with Crippen molar-refractivity contribution in [2.24, 2.45) is 0 Å². The summed E-state index contributed by atoms with van der Waals surface area (Å²) in [6, 6.07) is 16.5. The molecule has 0 bridgehead atoms. The first-order chi connectivity index (χ1) is 14.5. The van der Waals surface area contributed by atoms with Crippen molar-refractivity contribution in [3.05, 3.63) is 77.1 Å². The number of aryl methyl sites for hydroxylation is 2. The number of hydrogen-bond donors (Lipinski definition) is 1. The van der Waals surface area contributed by atoms with Gasteiger partial charge in [0.05, 0.1) is 14.2 Å². The second-order valence-electron chi connectivity index (χ2n) is 7.64. The predicted octanol–water partition coefficient (Wildman–Crippen LogP) is 4.92. The van der Waals surface area contributed by atoms with Crippen molar-refractivity contribution in [2.75, 3.05) is 26.1 Å². The average molecular weight is 422 g/mol. The quantitative estimate of drug-likeness (QED) is 0.605. The van der Waals surface area contributed by atoms with Crippen LogP contribution in [0.15, 0.2) is 54.7 Å². The Kier molecular flexibility index (Phi) is 5.68. The molecule has 156 valence electrons. The van der Waals surface area contributed by atoms with Crippen molar-refractivity contribution in [2.45, 2.75) is 26.4 Å². The lowest BCUT2D eigenvalue weighted by atomic mass is 9.98. The maximum absolute atomic E-state index is 5.90. The fourth-order valence-corrected chi connectivity index (χ4v) is 4.54. The molecule has 5 nitrogen and oxygen atoms in total. The highest BCUT2D eigenvalue weighted by atomic mass is 32.1. The number of anilines is 1. The number of hydrogen-bond acceptors (Lipinski definition) is 3. The summed E-state index contributed by atoms with van der Waals surface area (Å²) in [5.74, 6) is 1.61. The van der Waals surface area contributed by atoms with Crippen LogP contribution in [0.2, 0.25) is 0 Å². The normalized spacial score (nSPS) is 15.5. The Morgan fingerprint density at radius 3 is 2.47 bits per heavy atom. The lowest BCUT2D eigenvalue weighted by Crippen LogP contribution is -2.44. The summed E-state index contributed by atoms with van der Waals surface area (Å²) >= 11 is 5.90. The first-order valence-corrected chi connectivity index (χ1v) is 10.4. The van der Waals surface area contributed by atoms with Gasteiger partial charge >= 0.3 is 0 Å². The molecule has 0 fully saturated rings. The minimum absolute atomic E-state index is 0.0790. The van der Waals surface area contributed by atoms with Crippen molar-refractivity contribution in [1.29, 1.82) is 0 Å². The number of ether oxygens (including phenoxy) is 2. The van der Waals surface area contributed by atoms with Crippen LogP contribution in [0.4, 0.5) is 5.69 Å². The van der Waals surface area contributed by atoms with Crippen molar-refractivity contribution >= 4 is 23.0 Å².